The number of ether oxygens (including phenoxy) is 1. The standard InChI is InChI=1S/C18H16O3/c19-16-11-18(12-16,15-9-5-2-6-10-15)17(20)21-13-14-7-3-1-4-8-14/h1-10H,11-13H2. The second-order valence-electron chi connectivity index (χ2n) is 5.40. The quantitative estimate of drug-likeness (QED) is 0.808. The van der Waals surface area contributed by atoms with E-state index in [1.165, 1.54) is 0 Å². The number of esters is 1. The minimum Gasteiger partial charge on any atom is -0.460 e. The molecule has 1 aliphatic carbocycles. The van der Waals surface area contributed by atoms with Crippen LogP contribution in [-0.4, -0.2) is 11.8 Å². The minimum absolute atomic E-state index is 0.107. The van der Waals surface area contributed by atoms with E-state index in [0.717, 1.165) is 11.1 Å². The first-order valence-electron chi connectivity index (χ1n) is 6.99. The maximum Gasteiger partial charge on any atom is 0.317 e. The Morgan fingerprint density at radius 2 is 1.52 bits per heavy atom. The molecule has 0 N–H and O–H groups in total. The molecule has 0 aromatic heterocycles. The van der Waals surface area contributed by atoms with Gasteiger partial charge < -0.3 is 4.74 Å². The molecule has 0 saturated heterocycles. The summed E-state index contributed by atoms with van der Waals surface area (Å²) in [5.74, 6) is -0.201. The lowest BCUT2D eigenvalue weighted by molar-refractivity contribution is -0.160. The zero-order valence-electron chi connectivity index (χ0n) is 11.6. The Hall–Kier alpha value is -2.42. The molecule has 0 radical (unpaired) electrons. The van der Waals surface area contributed by atoms with Gasteiger partial charge in [-0.15, -0.1) is 0 Å². The summed E-state index contributed by atoms with van der Waals surface area (Å²) in [5.41, 5.74) is 1.02. The van der Waals surface area contributed by atoms with Crippen LogP contribution in [0.15, 0.2) is 60.7 Å². The van der Waals surface area contributed by atoms with Gasteiger partial charge in [-0.05, 0) is 11.1 Å². The lowest BCUT2D eigenvalue weighted by atomic mass is 9.63. The number of rotatable bonds is 4. The average molecular weight is 280 g/mol. The van der Waals surface area contributed by atoms with Gasteiger partial charge in [-0.1, -0.05) is 60.7 Å². The summed E-state index contributed by atoms with van der Waals surface area (Å²) in [6.45, 7) is 0.239. The molecule has 2 aromatic carbocycles. The van der Waals surface area contributed by atoms with Gasteiger partial charge >= 0.3 is 5.97 Å². The van der Waals surface area contributed by atoms with E-state index in [4.69, 9.17) is 4.74 Å². The SMILES string of the molecule is O=C1CC(C(=O)OCc2ccccc2)(c2ccccc2)C1. The summed E-state index contributed by atoms with van der Waals surface area (Å²) in [4.78, 5) is 24.0. The van der Waals surface area contributed by atoms with Gasteiger partial charge in [0.05, 0.1) is 0 Å². The molecule has 3 nitrogen and oxygen atoms in total. The van der Waals surface area contributed by atoms with Gasteiger partial charge in [-0.2, -0.15) is 0 Å². The molecule has 21 heavy (non-hydrogen) atoms. The predicted molar refractivity (Wildman–Crippen MR) is 78.6 cm³/mol. The highest BCUT2D eigenvalue weighted by molar-refractivity contribution is 6.02. The van der Waals surface area contributed by atoms with Crippen LogP contribution in [0.4, 0.5) is 0 Å². The van der Waals surface area contributed by atoms with Crippen LogP contribution in [0.5, 0.6) is 0 Å². The highest BCUT2D eigenvalue weighted by Crippen LogP contribution is 2.42. The highest BCUT2D eigenvalue weighted by atomic mass is 16.5. The molecule has 0 heterocycles. The molecule has 2 aromatic rings. The molecular weight excluding hydrogens is 264 g/mol. The fraction of sp³-hybridized carbons (Fsp3) is 0.222. The average Bonchev–Trinajstić information content (AvgIpc) is 2.51. The van der Waals surface area contributed by atoms with Crippen molar-refractivity contribution in [3.8, 4) is 0 Å². The topological polar surface area (TPSA) is 43.4 Å². The molecule has 0 atom stereocenters. The Balaban J connectivity index is 1.76. The van der Waals surface area contributed by atoms with Crippen LogP contribution in [-0.2, 0) is 26.3 Å². The van der Waals surface area contributed by atoms with Crippen LogP contribution in [0.2, 0.25) is 0 Å². The van der Waals surface area contributed by atoms with E-state index in [1.807, 2.05) is 60.7 Å². The van der Waals surface area contributed by atoms with Crippen LogP contribution in [0.3, 0.4) is 0 Å². The zero-order chi connectivity index (χ0) is 14.7. The Morgan fingerprint density at radius 1 is 0.952 bits per heavy atom. The third-order valence-electron chi connectivity index (χ3n) is 3.93. The van der Waals surface area contributed by atoms with Gasteiger partial charge in [0, 0.05) is 12.8 Å². The van der Waals surface area contributed by atoms with Crippen molar-refractivity contribution in [2.24, 2.45) is 0 Å². The van der Waals surface area contributed by atoms with Crippen molar-refractivity contribution >= 4 is 11.8 Å². The van der Waals surface area contributed by atoms with Crippen LogP contribution in [0.25, 0.3) is 0 Å². The second-order valence-corrected chi connectivity index (χ2v) is 5.40. The van der Waals surface area contributed by atoms with Crippen molar-refractivity contribution in [2.45, 2.75) is 24.9 Å². The molecule has 0 unspecified atom stereocenters. The molecule has 3 rings (SSSR count). The Labute approximate surface area is 123 Å². The van der Waals surface area contributed by atoms with Crippen LogP contribution >= 0.6 is 0 Å². The summed E-state index contributed by atoms with van der Waals surface area (Å²) >= 11 is 0. The zero-order valence-corrected chi connectivity index (χ0v) is 11.6. The lowest BCUT2D eigenvalue weighted by Gasteiger charge is -2.38. The molecule has 3 heteroatoms. The van der Waals surface area contributed by atoms with E-state index in [9.17, 15) is 9.59 Å². The molecule has 0 bridgehead atoms. The predicted octanol–water partition coefficient (Wildman–Crippen LogP) is 3.03. The number of hydrogen-bond acceptors (Lipinski definition) is 3. The number of Topliss-reactive ketones (excluding diaryl/α,β-unsaturated/α-hetero) is 1. The maximum absolute atomic E-state index is 12.5. The summed E-state index contributed by atoms with van der Waals surface area (Å²) in [6.07, 6.45) is 0.481. The number of hydrogen-bond donors (Lipinski definition) is 0. The molecular formula is C18H16O3. The van der Waals surface area contributed by atoms with Gasteiger partial charge in [-0.25, -0.2) is 0 Å². The van der Waals surface area contributed by atoms with Gasteiger partial charge in [0.1, 0.15) is 17.8 Å². The molecule has 106 valence electrons. The molecule has 0 aliphatic heterocycles. The molecule has 0 amide bonds. The third-order valence-corrected chi connectivity index (χ3v) is 3.93. The van der Waals surface area contributed by atoms with Crippen molar-refractivity contribution in [3.05, 3.63) is 71.8 Å². The van der Waals surface area contributed by atoms with E-state index in [2.05, 4.69) is 0 Å². The highest BCUT2D eigenvalue weighted by Gasteiger charge is 2.52. The van der Waals surface area contributed by atoms with Gasteiger partial charge in [-0.3, -0.25) is 9.59 Å². The van der Waals surface area contributed by atoms with Gasteiger partial charge in [0.25, 0.3) is 0 Å². The Morgan fingerprint density at radius 3 is 2.10 bits per heavy atom. The fourth-order valence-corrected chi connectivity index (χ4v) is 2.71. The monoisotopic (exact) mass is 280 g/mol. The maximum atomic E-state index is 12.5. The van der Waals surface area contributed by atoms with Crippen LogP contribution in [0.1, 0.15) is 24.0 Å². The largest absolute Gasteiger partial charge is 0.460 e. The van der Waals surface area contributed by atoms with E-state index < -0.39 is 5.41 Å². The lowest BCUT2D eigenvalue weighted by Crippen LogP contribution is -2.49. The fourth-order valence-electron chi connectivity index (χ4n) is 2.71. The first-order chi connectivity index (χ1) is 10.2. The van der Waals surface area contributed by atoms with Crippen molar-refractivity contribution in [2.75, 3.05) is 0 Å². The third kappa shape index (κ3) is 2.59. The van der Waals surface area contributed by atoms with Crippen molar-refractivity contribution in [1.82, 2.24) is 0 Å². The van der Waals surface area contributed by atoms with Crippen molar-refractivity contribution < 1.29 is 14.3 Å². The smallest absolute Gasteiger partial charge is 0.317 e. The van der Waals surface area contributed by atoms with Crippen molar-refractivity contribution in [1.29, 1.82) is 0 Å². The van der Waals surface area contributed by atoms with Crippen LogP contribution in [0, 0.1) is 0 Å². The Kier molecular flexibility index (Phi) is 3.57. The van der Waals surface area contributed by atoms with Gasteiger partial charge in [0.15, 0.2) is 0 Å². The first-order valence-corrected chi connectivity index (χ1v) is 6.99. The Bertz CT molecular complexity index is 639. The molecule has 0 spiro atoms. The number of carbonyl (C=O) groups is 2. The minimum atomic E-state index is -0.785. The van der Waals surface area contributed by atoms with E-state index in [-0.39, 0.29) is 31.2 Å². The normalized spacial score (nSPS) is 16.1. The number of carbonyl (C=O) groups excluding carboxylic acids is 2. The number of ketones is 1. The first kappa shape index (κ1) is 13.6. The second kappa shape index (κ2) is 5.52. The molecule has 1 saturated carbocycles. The summed E-state index contributed by atoms with van der Waals surface area (Å²) in [7, 11) is 0. The van der Waals surface area contributed by atoms with E-state index >= 15 is 0 Å². The van der Waals surface area contributed by atoms with E-state index in [0.29, 0.717) is 0 Å². The van der Waals surface area contributed by atoms with Gasteiger partial charge in [0.2, 0.25) is 0 Å². The number of benzene rings is 2. The summed E-state index contributed by atoms with van der Waals surface area (Å²) in [6, 6.07) is 19.0. The van der Waals surface area contributed by atoms with Crippen LogP contribution < -0.4 is 0 Å². The molecule has 1 aliphatic rings. The molecule has 1 fully saturated rings. The van der Waals surface area contributed by atoms with E-state index in [1.54, 1.807) is 0 Å². The van der Waals surface area contributed by atoms with Crippen molar-refractivity contribution in [3.63, 3.8) is 0 Å². The summed E-state index contributed by atoms with van der Waals surface area (Å²) < 4.78 is 5.45. The summed E-state index contributed by atoms with van der Waals surface area (Å²) in [5, 5.41) is 0.